The summed E-state index contributed by atoms with van der Waals surface area (Å²) in [6, 6.07) is 1.55. The van der Waals surface area contributed by atoms with Crippen molar-refractivity contribution < 1.29 is 0 Å². The second kappa shape index (κ2) is 5.37. The van der Waals surface area contributed by atoms with E-state index in [0.717, 1.165) is 30.5 Å². The third kappa shape index (κ3) is 2.85. The van der Waals surface area contributed by atoms with Crippen LogP contribution in [-0.2, 0) is 0 Å². The standard InChI is InChI=1S/C17H32N2/c1-4-18-15-8-9-17(2,3)10-16(15)19-11-13-6-5-7-14(13)12-19/h13-16,18H,4-12H2,1-3H3. The van der Waals surface area contributed by atoms with Crippen LogP contribution in [0.4, 0.5) is 0 Å². The maximum atomic E-state index is 3.77. The van der Waals surface area contributed by atoms with E-state index in [2.05, 4.69) is 31.0 Å². The highest BCUT2D eigenvalue weighted by Crippen LogP contribution is 2.43. The Kier molecular flexibility index (Phi) is 3.92. The molecule has 0 radical (unpaired) electrons. The van der Waals surface area contributed by atoms with Crippen molar-refractivity contribution in [1.82, 2.24) is 10.2 Å². The van der Waals surface area contributed by atoms with Crippen LogP contribution in [0.5, 0.6) is 0 Å². The average Bonchev–Trinajstić information content (AvgIpc) is 2.91. The zero-order valence-electron chi connectivity index (χ0n) is 13.1. The van der Waals surface area contributed by atoms with Gasteiger partial charge in [-0.15, -0.1) is 0 Å². The topological polar surface area (TPSA) is 15.3 Å². The number of nitrogens with zero attached hydrogens (tertiary/aromatic N) is 1. The molecule has 2 heteroatoms. The number of fused-ring (bicyclic) bond motifs is 1. The third-order valence-electron chi connectivity index (χ3n) is 6.05. The molecule has 0 aromatic heterocycles. The van der Waals surface area contributed by atoms with Gasteiger partial charge in [0, 0.05) is 25.2 Å². The average molecular weight is 264 g/mol. The van der Waals surface area contributed by atoms with Crippen molar-refractivity contribution in [3.8, 4) is 0 Å². The molecule has 0 amide bonds. The molecule has 2 saturated carbocycles. The lowest BCUT2D eigenvalue weighted by atomic mass is 9.72. The highest BCUT2D eigenvalue weighted by atomic mass is 15.2. The van der Waals surface area contributed by atoms with Gasteiger partial charge in [-0.1, -0.05) is 27.2 Å². The molecule has 2 aliphatic carbocycles. The van der Waals surface area contributed by atoms with E-state index in [1.165, 1.54) is 51.6 Å². The van der Waals surface area contributed by atoms with Gasteiger partial charge in [-0.25, -0.2) is 0 Å². The highest BCUT2D eigenvalue weighted by Gasteiger charge is 2.43. The summed E-state index contributed by atoms with van der Waals surface area (Å²) in [5, 5.41) is 3.77. The molecule has 3 fully saturated rings. The summed E-state index contributed by atoms with van der Waals surface area (Å²) in [6.45, 7) is 11.1. The summed E-state index contributed by atoms with van der Waals surface area (Å²) in [4.78, 5) is 2.86. The van der Waals surface area contributed by atoms with E-state index >= 15 is 0 Å². The molecule has 1 saturated heterocycles. The fourth-order valence-electron chi connectivity index (χ4n) is 4.98. The van der Waals surface area contributed by atoms with Crippen LogP contribution in [0.2, 0.25) is 0 Å². The monoisotopic (exact) mass is 264 g/mol. The summed E-state index contributed by atoms with van der Waals surface area (Å²) in [7, 11) is 0. The summed E-state index contributed by atoms with van der Waals surface area (Å²) in [6.07, 6.45) is 8.66. The van der Waals surface area contributed by atoms with Crippen molar-refractivity contribution in [1.29, 1.82) is 0 Å². The van der Waals surface area contributed by atoms with Gasteiger partial charge in [0.25, 0.3) is 0 Å². The van der Waals surface area contributed by atoms with Crippen molar-refractivity contribution in [2.75, 3.05) is 19.6 Å². The Labute approximate surface area is 119 Å². The summed E-state index contributed by atoms with van der Waals surface area (Å²) < 4.78 is 0. The fraction of sp³-hybridized carbons (Fsp3) is 1.00. The number of likely N-dealkylation sites (tertiary alicyclic amines) is 1. The lowest BCUT2D eigenvalue weighted by molar-refractivity contribution is 0.0760. The Hall–Kier alpha value is -0.0800. The number of likely N-dealkylation sites (N-methyl/N-ethyl adjacent to an activating group) is 1. The Morgan fingerprint density at radius 1 is 1.11 bits per heavy atom. The number of rotatable bonds is 3. The summed E-state index contributed by atoms with van der Waals surface area (Å²) >= 11 is 0. The van der Waals surface area contributed by atoms with Crippen molar-refractivity contribution >= 4 is 0 Å². The van der Waals surface area contributed by atoms with Crippen molar-refractivity contribution in [3.05, 3.63) is 0 Å². The fourth-order valence-corrected chi connectivity index (χ4v) is 4.98. The Bertz CT molecular complexity index is 300. The Morgan fingerprint density at radius 2 is 1.79 bits per heavy atom. The summed E-state index contributed by atoms with van der Waals surface area (Å²) in [5.74, 6) is 2.07. The van der Waals surface area contributed by atoms with E-state index in [0.29, 0.717) is 5.41 Å². The highest BCUT2D eigenvalue weighted by molar-refractivity contribution is 4.99. The minimum absolute atomic E-state index is 0.550. The molecule has 2 nitrogen and oxygen atoms in total. The van der Waals surface area contributed by atoms with Crippen LogP contribution in [0.15, 0.2) is 0 Å². The largest absolute Gasteiger partial charge is 0.313 e. The minimum Gasteiger partial charge on any atom is -0.313 e. The number of hydrogen-bond donors (Lipinski definition) is 1. The molecule has 3 rings (SSSR count). The zero-order chi connectivity index (χ0) is 13.5. The van der Waals surface area contributed by atoms with Gasteiger partial charge >= 0.3 is 0 Å². The van der Waals surface area contributed by atoms with Crippen LogP contribution in [0.3, 0.4) is 0 Å². The van der Waals surface area contributed by atoms with Gasteiger partial charge in [-0.05, 0) is 55.9 Å². The van der Waals surface area contributed by atoms with Gasteiger partial charge in [-0.3, -0.25) is 4.90 Å². The number of nitrogens with one attached hydrogen (secondary N) is 1. The van der Waals surface area contributed by atoms with E-state index in [1.807, 2.05) is 0 Å². The summed E-state index contributed by atoms with van der Waals surface area (Å²) in [5.41, 5.74) is 0.550. The van der Waals surface area contributed by atoms with Gasteiger partial charge in [0.05, 0.1) is 0 Å². The maximum absolute atomic E-state index is 3.77. The normalized spacial score (nSPS) is 42.5. The second-order valence-electron chi connectivity index (χ2n) is 8.04. The molecular weight excluding hydrogens is 232 g/mol. The molecule has 1 heterocycles. The first kappa shape index (κ1) is 13.9. The molecule has 4 atom stereocenters. The maximum Gasteiger partial charge on any atom is 0.0254 e. The predicted octanol–water partition coefficient (Wildman–Crippen LogP) is 3.28. The van der Waals surface area contributed by atoms with Gasteiger partial charge in [0.2, 0.25) is 0 Å². The first-order valence-corrected chi connectivity index (χ1v) is 8.56. The molecule has 0 aromatic rings. The molecule has 19 heavy (non-hydrogen) atoms. The quantitative estimate of drug-likeness (QED) is 0.841. The molecule has 1 N–H and O–H groups in total. The Morgan fingerprint density at radius 3 is 2.42 bits per heavy atom. The van der Waals surface area contributed by atoms with Gasteiger partial charge in [-0.2, -0.15) is 0 Å². The number of hydrogen-bond acceptors (Lipinski definition) is 2. The molecule has 0 bridgehead atoms. The molecule has 4 unspecified atom stereocenters. The van der Waals surface area contributed by atoms with Gasteiger partial charge < -0.3 is 5.32 Å². The van der Waals surface area contributed by atoms with Gasteiger partial charge in [0.1, 0.15) is 0 Å². The van der Waals surface area contributed by atoms with Crippen LogP contribution in [0.1, 0.15) is 59.3 Å². The molecule has 0 spiro atoms. The van der Waals surface area contributed by atoms with Crippen molar-refractivity contribution in [2.24, 2.45) is 17.3 Å². The van der Waals surface area contributed by atoms with Gasteiger partial charge in [0.15, 0.2) is 0 Å². The van der Waals surface area contributed by atoms with Crippen LogP contribution in [-0.4, -0.2) is 36.6 Å². The first-order chi connectivity index (χ1) is 9.09. The predicted molar refractivity (Wildman–Crippen MR) is 81.3 cm³/mol. The zero-order valence-corrected chi connectivity index (χ0v) is 13.1. The van der Waals surface area contributed by atoms with E-state index in [9.17, 15) is 0 Å². The van der Waals surface area contributed by atoms with Crippen LogP contribution in [0, 0.1) is 17.3 Å². The SMILES string of the molecule is CCNC1CCC(C)(C)CC1N1CC2CCCC2C1. The molecule has 1 aliphatic heterocycles. The molecular formula is C17H32N2. The van der Waals surface area contributed by atoms with Crippen LogP contribution >= 0.6 is 0 Å². The van der Waals surface area contributed by atoms with Crippen molar-refractivity contribution in [2.45, 2.75) is 71.4 Å². The lowest BCUT2D eigenvalue weighted by Crippen LogP contribution is -2.54. The molecule has 110 valence electrons. The van der Waals surface area contributed by atoms with Crippen molar-refractivity contribution in [3.63, 3.8) is 0 Å². The third-order valence-corrected chi connectivity index (χ3v) is 6.05. The smallest absolute Gasteiger partial charge is 0.0254 e. The van der Waals surface area contributed by atoms with Crippen LogP contribution in [0.25, 0.3) is 0 Å². The van der Waals surface area contributed by atoms with E-state index in [4.69, 9.17) is 0 Å². The van der Waals surface area contributed by atoms with E-state index < -0.39 is 0 Å². The minimum atomic E-state index is 0.550. The first-order valence-electron chi connectivity index (χ1n) is 8.56. The molecule has 0 aromatic carbocycles. The molecule has 3 aliphatic rings. The lowest BCUT2D eigenvalue weighted by Gasteiger charge is -2.45. The van der Waals surface area contributed by atoms with E-state index in [-0.39, 0.29) is 0 Å². The second-order valence-corrected chi connectivity index (χ2v) is 8.04. The van der Waals surface area contributed by atoms with Crippen LogP contribution < -0.4 is 5.32 Å². The van der Waals surface area contributed by atoms with E-state index in [1.54, 1.807) is 0 Å². The Balaban J connectivity index is 1.68.